The van der Waals surface area contributed by atoms with Gasteiger partial charge in [-0.2, -0.15) is 0 Å². The van der Waals surface area contributed by atoms with Crippen molar-refractivity contribution in [3.8, 4) is 34.4 Å². The van der Waals surface area contributed by atoms with Gasteiger partial charge < -0.3 is 24.3 Å². The summed E-state index contributed by atoms with van der Waals surface area (Å²) < 4.78 is 23.8. The van der Waals surface area contributed by atoms with Gasteiger partial charge in [0, 0.05) is 24.7 Å². The minimum Gasteiger partial charge on any atom is -0.497 e. The highest BCUT2D eigenvalue weighted by Crippen LogP contribution is 2.38. The Kier molecular flexibility index (Phi) is 7.04. The van der Waals surface area contributed by atoms with E-state index in [4.69, 9.17) is 18.9 Å². The molecule has 170 valence electrons. The average Bonchev–Trinajstić information content (AvgIpc) is 3.11. The molecule has 3 rings (SSSR count). The Morgan fingerprint density at radius 1 is 0.969 bits per heavy atom. The van der Waals surface area contributed by atoms with E-state index < -0.39 is 0 Å². The van der Waals surface area contributed by atoms with Gasteiger partial charge in [0.1, 0.15) is 5.75 Å². The molecule has 32 heavy (non-hydrogen) atoms. The number of ether oxygens (including phenoxy) is 4. The second-order valence-electron chi connectivity index (χ2n) is 6.79. The number of nitrogens with one attached hydrogen (secondary N) is 1. The molecule has 0 fully saturated rings. The van der Waals surface area contributed by atoms with E-state index in [0.717, 1.165) is 5.56 Å². The van der Waals surface area contributed by atoms with Crippen molar-refractivity contribution in [2.24, 2.45) is 7.05 Å². The Balaban J connectivity index is 1.71. The van der Waals surface area contributed by atoms with E-state index in [0.29, 0.717) is 34.4 Å². The van der Waals surface area contributed by atoms with Crippen molar-refractivity contribution in [3.63, 3.8) is 0 Å². The number of methoxy groups -OCH3 is 4. The normalized spacial score (nSPS) is 10.5. The largest absolute Gasteiger partial charge is 0.497 e. The fraction of sp³-hybridized carbons (Fsp3) is 0.318. The standard InChI is InChI=1S/C22H26N4O6/c1-25-20(14-6-8-16(29-2)9-7-14)24-26(22(25)28)11-10-23-21(27)15-12-17(30-3)19(32-5)18(13-15)31-4/h6-9,12-13H,10-11H2,1-5H3,(H,23,27). The molecule has 1 amide bonds. The van der Waals surface area contributed by atoms with E-state index in [1.807, 2.05) is 12.1 Å². The molecule has 10 nitrogen and oxygen atoms in total. The SMILES string of the molecule is COc1ccc(-c2nn(CCNC(=O)c3cc(OC)c(OC)c(OC)c3)c(=O)n2C)cc1. The van der Waals surface area contributed by atoms with Crippen LogP contribution in [0.15, 0.2) is 41.2 Å². The van der Waals surface area contributed by atoms with Crippen LogP contribution in [0.5, 0.6) is 23.0 Å². The molecule has 0 bridgehead atoms. The molecule has 0 spiro atoms. The summed E-state index contributed by atoms with van der Waals surface area (Å²) in [5.74, 6) is 2.05. The number of amides is 1. The molecule has 3 aromatic rings. The molecule has 0 unspecified atom stereocenters. The van der Waals surface area contributed by atoms with Gasteiger partial charge in [-0.25, -0.2) is 9.48 Å². The first-order valence-corrected chi connectivity index (χ1v) is 9.80. The molecule has 1 heterocycles. The van der Waals surface area contributed by atoms with Gasteiger partial charge in [0.2, 0.25) is 5.75 Å². The van der Waals surface area contributed by atoms with Crippen molar-refractivity contribution in [3.05, 3.63) is 52.4 Å². The Labute approximate surface area is 185 Å². The Bertz CT molecular complexity index is 1130. The maximum Gasteiger partial charge on any atom is 0.345 e. The van der Waals surface area contributed by atoms with E-state index in [-0.39, 0.29) is 24.7 Å². The van der Waals surface area contributed by atoms with E-state index in [2.05, 4.69) is 10.4 Å². The van der Waals surface area contributed by atoms with Crippen LogP contribution in [0.3, 0.4) is 0 Å². The van der Waals surface area contributed by atoms with Gasteiger partial charge in [-0.15, -0.1) is 5.10 Å². The molecule has 0 radical (unpaired) electrons. The van der Waals surface area contributed by atoms with Crippen LogP contribution < -0.4 is 30.0 Å². The summed E-state index contributed by atoms with van der Waals surface area (Å²) in [6.07, 6.45) is 0. The number of hydrogen-bond donors (Lipinski definition) is 1. The lowest BCUT2D eigenvalue weighted by Crippen LogP contribution is -2.31. The third-order valence-electron chi connectivity index (χ3n) is 4.93. The lowest BCUT2D eigenvalue weighted by molar-refractivity contribution is 0.0951. The zero-order valence-electron chi connectivity index (χ0n) is 18.7. The van der Waals surface area contributed by atoms with E-state index in [9.17, 15) is 9.59 Å². The van der Waals surface area contributed by atoms with Crippen molar-refractivity contribution >= 4 is 5.91 Å². The molecule has 0 aliphatic rings. The predicted octanol–water partition coefficient (Wildman–Crippen LogP) is 1.71. The smallest absolute Gasteiger partial charge is 0.345 e. The third kappa shape index (κ3) is 4.53. The van der Waals surface area contributed by atoms with E-state index in [1.165, 1.54) is 30.6 Å². The van der Waals surface area contributed by atoms with Gasteiger partial charge in [-0.3, -0.25) is 9.36 Å². The summed E-state index contributed by atoms with van der Waals surface area (Å²) in [7, 11) is 7.69. The van der Waals surface area contributed by atoms with Crippen molar-refractivity contribution < 1.29 is 23.7 Å². The monoisotopic (exact) mass is 442 g/mol. The quantitative estimate of drug-likeness (QED) is 0.538. The molecule has 0 aliphatic heterocycles. The van der Waals surface area contributed by atoms with Crippen LogP contribution in [0.1, 0.15) is 10.4 Å². The van der Waals surface area contributed by atoms with Crippen LogP contribution in [-0.4, -0.2) is 55.2 Å². The number of carbonyl (C=O) groups excluding carboxylic acids is 1. The maximum atomic E-state index is 12.6. The molecular formula is C22H26N4O6. The van der Waals surface area contributed by atoms with Gasteiger partial charge in [-0.05, 0) is 36.4 Å². The van der Waals surface area contributed by atoms with E-state index >= 15 is 0 Å². The Morgan fingerprint density at radius 3 is 2.12 bits per heavy atom. The minimum absolute atomic E-state index is 0.203. The molecule has 10 heteroatoms. The molecule has 1 N–H and O–H groups in total. The highest BCUT2D eigenvalue weighted by atomic mass is 16.5. The van der Waals surface area contributed by atoms with E-state index in [1.54, 1.807) is 38.4 Å². The summed E-state index contributed by atoms with van der Waals surface area (Å²) in [4.78, 5) is 25.2. The number of benzene rings is 2. The van der Waals surface area contributed by atoms with Gasteiger partial charge >= 0.3 is 5.69 Å². The highest BCUT2D eigenvalue weighted by Gasteiger charge is 2.17. The molecule has 1 aromatic heterocycles. The zero-order valence-corrected chi connectivity index (χ0v) is 18.7. The summed E-state index contributed by atoms with van der Waals surface area (Å²) in [6.45, 7) is 0.410. The fourth-order valence-electron chi connectivity index (χ4n) is 3.21. The summed E-state index contributed by atoms with van der Waals surface area (Å²) in [6, 6.07) is 10.4. The Morgan fingerprint density at radius 2 is 1.59 bits per heavy atom. The van der Waals surface area contributed by atoms with Gasteiger partial charge in [0.25, 0.3) is 5.91 Å². The number of carbonyl (C=O) groups is 1. The maximum absolute atomic E-state index is 12.6. The highest BCUT2D eigenvalue weighted by molar-refractivity contribution is 5.95. The number of nitrogens with zero attached hydrogens (tertiary/aromatic N) is 3. The third-order valence-corrected chi connectivity index (χ3v) is 4.93. The lowest BCUT2D eigenvalue weighted by atomic mass is 10.1. The zero-order chi connectivity index (χ0) is 23.3. The molecule has 0 saturated carbocycles. The topological polar surface area (TPSA) is 106 Å². The summed E-state index contributed by atoms with van der Waals surface area (Å²) >= 11 is 0. The Hall–Kier alpha value is -3.95. The molecule has 0 aliphatic carbocycles. The van der Waals surface area contributed by atoms with Crippen molar-refractivity contribution in [2.45, 2.75) is 6.54 Å². The van der Waals surface area contributed by atoms with Gasteiger partial charge in [-0.1, -0.05) is 0 Å². The molecule has 2 aromatic carbocycles. The van der Waals surface area contributed by atoms with Crippen LogP contribution in [0, 0.1) is 0 Å². The average molecular weight is 442 g/mol. The molecular weight excluding hydrogens is 416 g/mol. The van der Waals surface area contributed by atoms with Crippen LogP contribution in [-0.2, 0) is 13.6 Å². The van der Waals surface area contributed by atoms with Crippen LogP contribution >= 0.6 is 0 Å². The van der Waals surface area contributed by atoms with Crippen LogP contribution in [0.25, 0.3) is 11.4 Å². The predicted molar refractivity (Wildman–Crippen MR) is 118 cm³/mol. The first-order chi connectivity index (χ1) is 15.4. The fourth-order valence-corrected chi connectivity index (χ4v) is 3.21. The number of rotatable bonds is 9. The first kappa shape index (κ1) is 22.7. The minimum atomic E-state index is -0.344. The molecule has 0 atom stereocenters. The van der Waals surface area contributed by atoms with Gasteiger partial charge in [0.05, 0.1) is 35.0 Å². The van der Waals surface area contributed by atoms with Gasteiger partial charge in [0.15, 0.2) is 17.3 Å². The van der Waals surface area contributed by atoms with Crippen molar-refractivity contribution in [1.82, 2.24) is 19.7 Å². The van der Waals surface area contributed by atoms with Crippen molar-refractivity contribution in [1.29, 1.82) is 0 Å². The lowest BCUT2D eigenvalue weighted by Gasteiger charge is -2.14. The second-order valence-corrected chi connectivity index (χ2v) is 6.79. The van der Waals surface area contributed by atoms with Crippen molar-refractivity contribution in [2.75, 3.05) is 35.0 Å². The molecule has 0 saturated heterocycles. The first-order valence-electron chi connectivity index (χ1n) is 9.80. The summed E-state index contributed by atoms with van der Waals surface area (Å²) in [5, 5.41) is 7.18. The second kappa shape index (κ2) is 9.90. The van der Waals surface area contributed by atoms with Crippen LogP contribution in [0.4, 0.5) is 0 Å². The summed E-state index contributed by atoms with van der Waals surface area (Å²) in [5.41, 5.74) is 0.843. The number of hydrogen-bond acceptors (Lipinski definition) is 7. The van der Waals surface area contributed by atoms with Crippen LogP contribution in [0.2, 0.25) is 0 Å². The number of aromatic nitrogens is 3.